The summed E-state index contributed by atoms with van der Waals surface area (Å²) >= 11 is 0. The van der Waals surface area contributed by atoms with E-state index in [1.807, 2.05) is 12.1 Å². The maximum absolute atomic E-state index is 13.7. The van der Waals surface area contributed by atoms with Crippen molar-refractivity contribution in [1.29, 1.82) is 0 Å². The zero-order chi connectivity index (χ0) is 19.1. The van der Waals surface area contributed by atoms with Crippen LogP contribution >= 0.6 is 0 Å². The summed E-state index contributed by atoms with van der Waals surface area (Å²) in [4.78, 5) is 24.8. The summed E-state index contributed by atoms with van der Waals surface area (Å²) in [6.45, 7) is 2.58. The number of hydrogen-bond acceptors (Lipinski definition) is 5. The standard InChI is InChI=1S/C20H20FN5O/c1-14-25-18(20(27)24-13-15-5-4-9-22-12-15)11-19(26-14)23-10-8-16-6-2-3-7-17(16)21/h2-7,9,11-12H,8,10,13H2,1H3,(H,24,27)(H,23,25,26). The average Bonchev–Trinajstić information content (AvgIpc) is 2.68. The highest BCUT2D eigenvalue weighted by atomic mass is 19.1. The van der Waals surface area contributed by atoms with Crippen LogP contribution in [0, 0.1) is 12.7 Å². The molecule has 0 radical (unpaired) electrons. The van der Waals surface area contributed by atoms with Crippen LogP contribution in [0.3, 0.4) is 0 Å². The molecular weight excluding hydrogens is 345 g/mol. The number of carbonyl (C=O) groups is 1. The van der Waals surface area contributed by atoms with E-state index in [0.29, 0.717) is 36.7 Å². The van der Waals surface area contributed by atoms with E-state index < -0.39 is 0 Å². The Morgan fingerprint density at radius 3 is 2.78 bits per heavy atom. The Balaban J connectivity index is 1.60. The second-order valence-electron chi connectivity index (χ2n) is 6.00. The molecule has 2 aromatic heterocycles. The molecule has 0 bridgehead atoms. The van der Waals surface area contributed by atoms with E-state index in [9.17, 15) is 9.18 Å². The molecule has 0 aliphatic carbocycles. The normalized spacial score (nSPS) is 10.4. The van der Waals surface area contributed by atoms with Crippen LogP contribution in [-0.2, 0) is 13.0 Å². The number of rotatable bonds is 7. The molecule has 0 saturated carbocycles. The lowest BCUT2D eigenvalue weighted by Crippen LogP contribution is -2.24. The van der Waals surface area contributed by atoms with Crippen LogP contribution in [0.4, 0.5) is 10.2 Å². The largest absolute Gasteiger partial charge is 0.370 e. The lowest BCUT2D eigenvalue weighted by Gasteiger charge is -2.09. The summed E-state index contributed by atoms with van der Waals surface area (Å²) in [6, 6.07) is 11.9. The fourth-order valence-corrected chi connectivity index (χ4v) is 2.58. The molecule has 0 saturated heterocycles. The SMILES string of the molecule is Cc1nc(NCCc2ccccc2F)cc(C(=O)NCc2cccnc2)n1. The van der Waals surface area contributed by atoms with Gasteiger partial charge in [0.2, 0.25) is 0 Å². The first-order valence-electron chi connectivity index (χ1n) is 8.62. The summed E-state index contributed by atoms with van der Waals surface area (Å²) in [6.07, 6.45) is 3.89. The van der Waals surface area contributed by atoms with Gasteiger partial charge in [0.15, 0.2) is 0 Å². The molecule has 0 fully saturated rings. The van der Waals surface area contributed by atoms with E-state index >= 15 is 0 Å². The maximum atomic E-state index is 13.7. The van der Waals surface area contributed by atoms with Gasteiger partial charge < -0.3 is 10.6 Å². The minimum atomic E-state index is -0.290. The predicted octanol–water partition coefficient (Wildman–Crippen LogP) is 2.90. The number of nitrogens with zero attached hydrogens (tertiary/aromatic N) is 3. The van der Waals surface area contributed by atoms with Crippen molar-refractivity contribution in [3.63, 3.8) is 0 Å². The van der Waals surface area contributed by atoms with Gasteiger partial charge in [-0.25, -0.2) is 14.4 Å². The smallest absolute Gasteiger partial charge is 0.270 e. The van der Waals surface area contributed by atoms with Crippen LogP contribution in [0.2, 0.25) is 0 Å². The van der Waals surface area contributed by atoms with E-state index in [0.717, 1.165) is 5.56 Å². The minimum absolute atomic E-state index is 0.228. The highest BCUT2D eigenvalue weighted by Crippen LogP contribution is 2.10. The Bertz CT molecular complexity index is 917. The van der Waals surface area contributed by atoms with Gasteiger partial charge in [0.05, 0.1) is 0 Å². The lowest BCUT2D eigenvalue weighted by molar-refractivity contribution is 0.0945. The van der Waals surface area contributed by atoms with Gasteiger partial charge in [-0.1, -0.05) is 24.3 Å². The molecule has 3 rings (SSSR count). The molecule has 3 aromatic rings. The summed E-state index contributed by atoms with van der Waals surface area (Å²) in [5, 5.41) is 5.93. The molecular formula is C20H20FN5O. The van der Waals surface area contributed by atoms with Crippen molar-refractivity contribution in [3.05, 3.63) is 83.3 Å². The number of amides is 1. The van der Waals surface area contributed by atoms with E-state index in [4.69, 9.17) is 0 Å². The lowest BCUT2D eigenvalue weighted by atomic mass is 10.1. The van der Waals surface area contributed by atoms with Crippen molar-refractivity contribution >= 4 is 11.7 Å². The number of aryl methyl sites for hydroxylation is 1. The molecule has 27 heavy (non-hydrogen) atoms. The maximum Gasteiger partial charge on any atom is 0.270 e. The van der Waals surface area contributed by atoms with Gasteiger partial charge in [0.1, 0.15) is 23.2 Å². The molecule has 138 valence electrons. The van der Waals surface area contributed by atoms with E-state index in [1.54, 1.807) is 43.6 Å². The van der Waals surface area contributed by atoms with Gasteiger partial charge >= 0.3 is 0 Å². The minimum Gasteiger partial charge on any atom is -0.370 e. The molecule has 1 amide bonds. The average molecular weight is 365 g/mol. The molecule has 7 heteroatoms. The zero-order valence-electron chi connectivity index (χ0n) is 14.9. The van der Waals surface area contributed by atoms with Crippen molar-refractivity contribution in [3.8, 4) is 0 Å². The number of aromatic nitrogens is 3. The van der Waals surface area contributed by atoms with Crippen molar-refractivity contribution in [2.75, 3.05) is 11.9 Å². The van der Waals surface area contributed by atoms with Gasteiger partial charge in [-0.05, 0) is 36.6 Å². The Morgan fingerprint density at radius 1 is 1.15 bits per heavy atom. The first-order valence-corrected chi connectivity index (χ1v) is 8.62. The summed E-state index contributed by atoms with van der Waals surface area (Å²) in [7, 11) is 0. The van der Waals surface area contributed by atoms with Crippen LogP contribution in [0.25, 0.3) is 0 Å². The first-order chi connectivity index (χ1) is 13.1. The Labute approximate surface area is 156 Å². The Kier molecular flexibility index (Phi) is 6.04. The number of halogens is 1. The molecule has 0 aliphatic heterocycles. The Hall–Kier alpha value is -3.35. The summed E-state index contributed by atoms with van der Waals surface area (Å²) < 4.78 is 13.7. The molecule has 2 heterocycles. The van der Waals surface area contributed by atoms with E-state index in [2.05, 4.69) is 25.6 Å². The summed E-state index contributed by atoms with van der Waals surface area (Å²) in [5.41, 5.74) is 1.81. The predicted molar refractivity (Wildman–Crippen MR) is 101 cm³/mol. The van der Waals surface area contributed by atoms with Gasteiger partial charge in [0.25, 0.3) is 5.91 Å². The second-order valence-corrected chi connectivity index (χ2v) is 6.00. The number of carbonyl (C=O) groups excluding carboxylic acids is 1. The van der Waals surface area contributed by atoms with E-state index in [-0.39, 0.29) is 17.4 Å². The van der Waals surface area contributed by atoms with Crippen LogP contribution in [0.1, 0.15) is 27.4 Å². The van der Waals surface area contributed by atoms with Crippen LogP contribution in [0.15, 0.2) is 54.9 Å². The monoisotopic (exact) mass is 365 g/mol. The van der Waals surface area contributed by atoms with Crippen LogP contribution in [0.5, 0.6) is 0 Å². The van der Waals surface area contributed by atoms with Gasteiger partial charge in [0, 0.05) is 31.5 Å². The zero-order valence-corrected chi connectivity index (χ0v) is 14.9. The number of benzene rings is 1. The second kappa shape index (κ2) is 8.84. The van der Waals surface area contributed by atoms with Gasteiger partial charge in [-0.15, -0.1) is 0 Å². The van der Waals surface area contributed by atoms with E-state index in [1.165, 1.54) is 6.07 Å². The van der Waals surface area contributed by atoms with Gasteiger partial charge in [-0.2, -0.15) is 0 Å². The molecule has 0 spiro atoms. The molecule has 0 atom stereocenters. The first kappa shape index (κ1) is 18.4. The highest BCUT2D eigenvalue weighted by Gasteiger charge is 2.10. The molecule has 1 aromatic carbocycles. The highest BCUT2D eigenvalue weighted by molar-refractivity contribution is 5.92. The van der Waals surface area contributed by atoms with Crippen LogP contribution < -0.4 is 10.6 Å². The summed E-state index contributed by atoms with van der Waals surface area (Å²) in [5.74, 6) is 0.498. The van der Waals surface area contributed by atoms with Crippen molar-refractivity contribution in [2.45, 2.75) is 19.9 Å². The van der Waals surface area contributed by atoms with Crippen LogP contribution in [-0.4, -0.2) is 27.4 Å². The fourth-order valence-electron chi connectivity index (χ4n) is 2.58. The number of nitrogens with one attached hydrogen (secondary N) is 2. The topological polar surface area (TPSA) is 79.8 Å². The van der Waals surface area contributed by atoms with Crippen molar-refractivity contribution in [2.24, 2.45) is 0 Å². The molecule has 2 N–H and O–H groups in total. The third kappa shape index (κ3) is 5.31. The van der Waals surface area contributed by atoms with Gasteiger partial charge in [-0.3, -0.25) is 9.78 Å². The molecule has 6 nitrogen and oxygen atoms in total. The molecule has 0 unspecified atom stereocenters. The fraction of sp³-hybridized carbons (Fsp3) is 0.200. The third-order valence-electron chi connectivity index (χ3n) is 3.90. The molecule has 0 aliphatic rings. The van der Waals surface area contributed by atoms with Crippen molar-refractivity contribution < 1.29 is 9.18 Å². The number of anilines is 1. The Morgan fingerprint density at radius 2 is 2.00 bits per heavy atom. The third-order valence-corrected chi connectivity index (χ3v) is 3.90. The number of hydrogen-bond donors (Lipinski definition) is 2. The van der Waals surface area contributed by atoms with Crippen molar-refractivity contribution in [1.82, 2.24) is 20.3 Å². The quantitative estimate of drug-likeness (QED) is 0.673. The number of pyridine rings is 1.